The van der Waals surface area contributed by atoms with Gasteiger partial charge in [0.25, 0.3) is 0 Å². The molecular formula is C17H28N2O2. The van der Waals surface area contributed by atoms with Crippen molar-refractivity contribution in [3.8, 4) is 0 Å². The van der Waals surface area contributed by atoms with Gasteiger partial charge in [-0.25, -0.2) is 0 Å². The minimum atomic E-state index is -1.01. The topological polar surface area (TPSA) is 55.7 Å². The summed E-state index contributed by atoms with van der Waals surface area (Å²) in [4.78, 5) is 2.51. The van der Waals surface area contributed by atoms with Gasteiger partial charge >= 0.3 is 0 Å². The Bertz CT molecular complexity index is 401. The maximum absolute atomic E-state index is 9.79. The first-order valence-corrected chi connectivity index (χ1v) is 7.92. The zero-order valence-electron chi connectivity index (χ0n) is 13.0. The van der Waals surface area contributed by atoms with Crippen LogP contribution in [0.15, 0.2) is 30.3 Å². The van der Waals surface area contributed by atoms with E-state index in [1.165, 1.54) is 5.56 Å². The van der Waals surface area contributed by atoms with E-state index in [4.69, 9.17) is 5.11 Å². The van der Waals surface area contributed by atoms with E-state index in [1.807, 2.05) is 0 Å². The first-order chi connectivity index (χ1) is 10.1. The van der Waals surface area contributed by atoms with Crippen LogP contribution in [-0.2, 0) is 6.42 Å². The Hall–Kier alpha value is -0.940. The fourth-order valence-electron chi connectivity index (χ4n) is 2.71. The summed E-state index contributed by atoms with van der Waals surface area (Å²) in [6.45, 7) is 5.24. The molecule has 0 bridgehead atoms. The molecule has 0 amide bonds. The predicted molar refractivity (Wildman–Crippen MR) is 85.3 cm³/mol. The maximum Gasteiger partial charge on any atom is 0.0972 e. The lowest BCUT2D eigenvalue weighted by molar-refractivity contribution is -0.000911. The number of nitrogens with zero attached hydrogens (tertiary/aromatic N) is 1. The summed E-state index contributed by atoms with van der Waals surface area (Å²) < 4.78 is 0. The molecule has 1 aliphatic heterocycles. The molecule has 0 aliphatic carbocycles. The SMILES string of the molecule is CC(O)(CO)CNC1CCN(CCc2ccccc2)CC1. The molecule has 4 heteroatoms. The number of likely N-dealkylation sites (tertiary alicyclic amines) is 1. The van der Waals surface area contributed by atoms with Gasteiger partial charge in [0.15, 0.2) is 0 Å². The lowest BCUT2D eigenvalue weighted by Crippen LogP contribution is -2.49. The lowest BCUT2D eigenvalue weighted by Gasteiger charge is -2.34. The summed E-state index contributed by atoms with van der Waals surface area (Å²) in [6, 6.07) is 11.1. The van der Waals surface area contributed by atoms with Crippen LogP contribution in [-0.4, -0.2) is 59.5 Å². The highest BCUT2D eigenvalue weighted by Crippen LogP contribution is 2.12. The zero-order valence-corrected chi connectivity index (χ0v) is 13.0. The minimum Gasteiger partial charge on any atom is -0.393 e. The van der Waals surface area contributed by atoms with Crippen LogP contribution in [0.3, 0.4) is 0 Å². The second-order valence-electron chi connectivity index (χ2n) is 6.39. The fourth-order valence-corrected chi connectivity index (χ4v) is 2.71. The molecule has 0 saturated carbocycles. The van der Waals surface area contributed by atoms with Crippen molar-refractivity contribution in [2.24, 2.45) is 0 Å². The Kier molecular flexibility index (Phi) is 6.18. The van der Waals surface area contributed by atoms with E-state index in [0.717, 1.165) is 38.9 Å². The van der Waals surface area contributed by atoms with Crippen molar-refractivity contribution in [2.75, 3.05) is 32.8 Å². The van der Waals surface area contributed by atoms with Crippen LogP contribution >= 0.6 is 0 Å². The van der Waals surface area contributed by atoms with Crippen molar-refractivity contribution < 1.29 is 10.2 Å². The molecule has 21 heavy (non-hydrogen) atoms. The third kappa shape index (κ3) is 5.75. The molecule has 1 aromatic carbocycles. The first kappa shape index (κ1) is 16.4. The number of nitrogens with one attached hydrogen (secondary N) is 1. The van der Waals surface area contributed by atoms with Gasteiger partial charge in [0.1, 0.15) is 0 Å². The van der Waals surface area contributed by atoms with Crippen LogP contribution in [0, 0.1) is 0 Å². The van der Waals surface area contributed by atoms with Gasteiger partial charge in [-0.3, -0.25) is 0 Å². The average molecular weight is 292 g/mol. The van der Waals surface area contributed by atoms with E-state index in [1.54, 1.807) is 6.92 Å². The molecule has 1 saturated heterocycles. The van der Waals surface area contributed by atoms with Gasteiger partial charge in [-0.15, -0.1) is 0 Å². The molecule has 1 atom stereocenters. The Morgan fingerprint density at radius 1 is 1.24 bits per heavy atom. The smallest absolute Gasteiger partial charge is 0.0972 e. The van der Waals surface area contributed by atoms with Crippen molar-refractivity contribution in [3.05, 3.63) is 35.9 Å². The summed E-state index contributed by atoms with van der Waals surface area (Å²) in [5.74, 6) is 0. The molecule has 1 aliphatic rings. The predicted octanol–water partition coefficient (Wildman–Crippen LogP) is 1.03. The molecular weight excluding hydrogens is 264 g/mol. The van der Waals surface area contributed by atoms with Crippen molar-refractivity contribution in [3.63, 3.8) is 0 Å². The van der Waals surface area contributed by atoms with Gasteiger partial charge in [0.2, 0.25) is 0 Å². The number of benzene rings is 1. The minimum absolute atomic E-state index is 0.198. The highest BCUT2D eigenvalue weighted by atomic mass is 16.3. The molecule has 3 N–H and O–H groups in total. The third-order valence-corrected chi connectivity index (χ3v) is 4.26. The molecule has 1 fully saturated rings. The zero-order chi connectivity index (χ0) is 15.1. The van der Waals surface area contributed by atoms with Crippen molar-refractivity contribution >= 4 is 0 Å². The number of aliphatic hydroxyl groups is 2. The van der Waals surface area contributed by atoms with Crippen LogP contribution in [0.25, 0.3) is 0 Å². The van der Waals surface area contributed by atoms with Gasteiger partial charge in [0.05, 0.1) is 12.2 Å². The van der Waals surface area contributed by atoms with Crippen molar-refractivity contribution in [1.82, 2.24) is 10.2 Å². The standard InChI is InChI=1S/C17H28N2O2/c1-17(21,14-20)13-18-16-8-11-19(12-9-16)10-7-15-5-3-2-4-6-15/h2-6,16,18,20-21H,7-14H2,1H3. The lowest BCUT2D eigenvalue weighted by atomic mass is 10.0. The number of hydrogen-bond donors (Lipinski definition) is 3. The summed E-state index contributed by atoms with van der Waals surface area (Å²) in [5.41, 5.74) is 0.390. The van der Waals surface area contributed by atoms with Gasteiger partial charge < -0.3 is 20.4 Å². The van der Waals surface area contributed by atoms with E-state index in [0.29, 0.717) is 12.6 Å². The van der Waals surface area contributed by atoms with Crippen LogP contribution in [0.2, 0.25) is 0 Å². The van der Waals surface area contributed by atoms with Crippen molar-refractivity contribution in [1.29, 1.82) is 0 Å². The number of hydrogen-bond acceptors (Lipinski definition) is 4. The molecule has 0 spiro atoms. The van der Waals surface area contributed by atoms with Gasteiger partial charge in [-0.1, -0.05) is 30.3 Å². The molecule has 0 radical (unpaired) electrons. The molecule has 118 valence electrons. The highest BCUT2D eigenvalue weighted by molar-refractivity contribution is 5.14. The Morgan fingerprint density at radius 3 is 2.52 bits per heavy atom. The first-order valence-electron chi connectivity index (χ1n) is 7.92. The maximum atomic E-state index is 9.79. The van der Waals surface area contributed by atoms with E-state index in [2.05, 4.69) is 40.5 Å². The molecule has 0 aromatic heterocycles. The normalized spacial score (nSPS) is 20.3. The summed E-state index contributed by atoms with van der Waals surface area (Å²) in [5, 5.41) is 22.2. The third-order valence-electron chi connectivity index (χ3n) is 4.26. The van der Waals surface area contributed by atoms with E-state index >= 15 is 0 Å². The van der Waals surface area contributed by atoms with Crippen LogP contribution in [0.4, 0.5) is 0 Å². The summed E-state index contributed by atoms with van der Waals surface area (Å²) in [6.07, 6.45) is 3.32. The van der Waals surface area contributed by atoms with E-state index < -0.39 is 5.60 Å². The number of aliphatic hydroxyl groups excluding tert-OH is 1. The quantitative estimate of drug-likeness (QED) is 0.702. The van der Waals surface area contributed by atoms with E-state index in [-0.39, 0.29) is 6.61 Å². The number of piperidine rings is 1. The summed E-state index contributed by atoms with van der Waals surface area (Å²) in [7, 11) is 0. The van der Waals surface area contributed by atoms with Gasteiger partial charge in [0, 0.05) is 19.1 Å². The van der Waals surface area contributed by atoms with Gasteiger partial charge in [-0.05, 0) is 44.8 Å². The van der Waals surface area contributed by atoms with E-state index in [9.17, 15) is 5.11 Å². The highest BCUT2D eigenvalue weighted by Gasteiger charge is 2.23. The fraction of sp³-hybridized carbons (Fsp3) is 0.647. The van der Waals surface area contributed by atoms with Crippen LogP contribution < -0.4 is 5.32 Å². The largest absolute Gasteiger partial charge is 0.393 e. The van der Waals surface area contributed by atoms with Crippen LogP contribution in [0.5, 0.6) is 0 Å². The van der Waals surface area contributed by atoms with Gasteiger partial charge in [-0.2, -0.15) is 0 Å². The average Bonchev–Trinajstić information content (AvgIpc) is 2.53. The molecule has 1 aromatic rings. The monoisotopic (exact) mass is 292 g/mol. The Balaban J connectivity index is 1.64. The Labute approximate surface area is 127 Å². The molecule has 1 heterocycles. The Morgan fingerprint density at radius 2 is 1.90 bits per heavy atom. The molecule has 2 rings (SSSR count). The second-order valence-corrected chi connectivity index (χ2v) is 6.39. The molecule has 4 nitrogen and oxygen atoms in total. The number of rotatable bonds is 7. The summed E-state index contributed by atoms with van der Waals surface area (Å²) >= 11 is 0. The van der Waals surface area contributed by atoms with Crippen molar-refractivity contribution in [2.45, 2.75) is 37.8 Å². The molecule has 1 unspecified atom stereocenters. The second kappa shape index (κ2) is 7.90. The van der Waals surface area contributed by atoms with Crippen LogP contribution in [0.1, 0.15) is 25.3 Å².